The van der Waals surface area contributed by atoms with Crippen molar-refractivity contribution in [2.75, 3.05) is 6.61 Å². The number of carbonyl (C=O) groups excluding carboxylic acids is 1. The Bertz CT molecular complexity index is 149. The van der Waals surface area contributed by atoms with E-state index < -0.39 is 6.29 Å². The Balaban J connectivity index is 3.98. The van der Waals surface area contributed by atoms with Crippen molar-refractivity contribution >= 4 is 6.47 Å². The summed E-state index contributed by atoms with van der Waals surface area (Å²) in [6.07, 6.45) is 1.56. The third-order valence-electron chi connectivity index (χ3n) is 2.22. The first-order valence-electron chi connectivity index (χ1n) is 5.50. The number of hydrogen-bond acceptors (Lipinski definition) is 4. The van der Waals surface area contributed by atoms with Gasteiger partial charge in [-0.25, -0.2) is 0 Å². The summed E-state index contributed by atoms with van der Waals surface area (Å²) in [6.45, 7) is 8.56. The van der Waals surface area contributed by atoms with Crippen LogP contribution in [0.4, 0.5) is 0 Å². The van der Waals surface area contributed by atoms with Crippen molar-refractivity contribution in [1.82, 2.24) is 0 Å². The molecule has 0 heterocycles. The van der Waals surface area contributed by atoms with Gasteiger partial charge in [0.2, 0.25) is 0 Å². The number of rotatable bonds is 9. The number of carbonyl (C=O) groups is 1. The molecule has 0 radical (unpaired) electrons. The van der Waals surface area contributed by atoms with E-state index in [2.05, 4.69) is 4.74 Å². The highest BCUT2D eigenvalue weighted by Crippen LogP contribution is 2.08. The van der Waals surface area contributed by atoms with Gasteiger partial charge < -0.3 is 14.2 Å². The standard InChI is InChI=1S/C11H22O4/c1-5-9(3)14-11(7-13-8-12)15-10(4)6-2/h8-11H,5-7H2,1-4H3. The first-order chi connectivity index (χ1) is 7.13. The maximum Gasteiger partial charge on any atom is 0.293 e. The molecule has 0 aromatic rings. The van der Waals surface area contributed by atoms with E-state index in [1.54, 1.807) is 0 Å². The van der Waals surface area contributed by atoms with Gasteiger partial charge in [0, 0.05) is 0 Å². The van der Waals surface area contributed by atoms with Crippen LogP contribution < -0.4 is 0 Å². The van der Waals surface area contributed by atoms with Crippen LogP contribution in [0.2, 0.25) is 0 Å². The minimum atomic E-state index is -0.458. The maximum absolute atomic E-state index is 10.1. The Labute approximate surface area is 91.9 Å². The average Bonchev–Trinajstić information content (AvgIpc) is 2.25. The average molecular weight is 218 g/mol. The predicted octanol–water partition coefficient (Wildman–Crippen LogP) is 2.12. The van der Waals surface area contributed by atoms with Crippen molar-refractivity contribution in [2.45, 2.75) is 59.0 Å². The van der Waals surface area contributed by atoms with Gasteiger partial charge in [-0.05, 0) is 26.7 Å². The lowest BCUT2D eigenvalue weighted by Crippen LogP contribution is -2.30. The quantitative estimate of drug-likeness (QED) is 0.439. The normalized spacial score (nSPS) is 16.8. The van der Waals surface area contributed by atoms with Crippen LogP contribution in [0.1, 0.15) is 40.5 Å². The zero-order valence-corrected chi connectivity index (χ0v) is 10.1. The van der Waals surface area contributed by atoms with E-state index in [1.165, 1.54) is 0 Å². The monoisotopic (exact) mass is 218 g/mol. The molecule has 4 heteroatoms. The van der Waals surface area contributed by atoms with E-state index in [-0.39, 0.29) is 18.8 Å². The molecule has 0 saturated carbocycles. The summed E-state index contributed by atoms with van der Waals surface area (Å²) in [5.74, 6) is 0. The molecule has 0 N–H and O–H groups in total. The first kappa shape index (κ1) is 14.4. The lowest BCUT2D eigenvalue weighted by atomic mass is 10.3. The van der Waals surface area contributed by atoms with Gasteiger partial charge in [-0.15, -0.1) is 0 Å². The molecule has 90 valence electrons. The Morgan fingerprint density at radius 3 is 1.87 bits per heavy atom. The number of hydrogen-bond donors (Lipinski definition) is 0. The first-order valence-corrected chi connectivity index (χ1v) is 5.50. The Kier molecular flexibility index (Phi) is 8.33. The van der Waals surface area contributed by atoms with Crippen LogP contribution >= 0.6 is 0 Å². The summed E-state index contributed by atoms with van der Waals surface area (Å²) in [4.78, 5) is 10.1. The Morgan fingerprint density at radius 2 is 1.53 bits per heavy atom. The molecule has 0 spiro atoms. The molecule has 0 saturated heterocycles. The van der Waals surface area contributed by atoms with Crippen LogP contribution in [-0.4, -0.2) is 31.6 Å². The van der Waals surface area contributed by atoms with Gasteiger partial charge in [-0.2, -0.15) is 0 Å². The topological polar surface area (TPSA) is 44.8 Å². The predicted molar refractivity (Wildman–Crippen MR) is 57.5 cm³/mol. The minimum Gasteiger partial charge on any atom is -0.462 e. The molecule has 0 aromatic heterocycles. The van der Waals surface area contributed by atoms with Crippen LogP contribution in [0.5, 0.6) is 0 Å². The highest BCUT2D eigenvalue weighted by molar-refractivity contribution is 5.36. The second kappa shape index (κ2) is 8.68. The van der Waals surface area contributed by atoms with Crippen LogP contribution in [-0.2, 0) is 19.0 Å². The largest absolute Gasteiger partial charge is 0.462 e. The molecule has 0 aromatic carbocycles. The Morgan fingerprint density at radius 1 is 1.07 bits per heavy atom. The molecule has 0 aliphatic rings. The lowest BCUT2D eigenvalue weighted by Gasteiger charge is -2.24. The molecular weight excluding hydrogens is 196 g/mol. The lowest BCUT2D eigenvalue weighted by molar-refractivity contribution is -0.209. The highest BCUT2D eigenvalue weighted by atomic mass is 16.7. The van der Waals surface area contributed by atoms with Crippen molar-refractivity contribution in [2.24, 2.45) is 0 Å². The summed E-state index contributed by atoms with van der Waals surface area (Å²) < 4.78 is 15.8. The van der Waals surface area contributed by atoms with Crippen molar-refractivity contribution in [3.05, 3.63) is 0 Å². The maximum atomic E-state index is 10.1. The number of ether oxygens (including phenoxy) is 3. The molecule has 0 bridgehead atoms. The van der Waals surface area contributed by atoms with Crippen LogP contribution in [0, 0.1) is 0 Å². The van der Waals surface area contributed by atoms with Gasteiger partial charge in [-0.3, -0.25) is 4.79 Å². The van der Waals surface area contributed by atoms with E-state index >= 15 is 0 Å². The summed E-state index contributed by atoms with van der Waals surface area (Å²) in [5.41, 5.74) is 0. The van der Waals surface area contributed by atoms with Crippen LogP contribution in [0.25, 0.3) is 0 Å². The van der Waals surface area contributed by atoms with Gasteiger partial charge in [0.25, 0.3) is 6.47 Å². The van der Waals surface area contributed by atoms with Gasteiger partial charge in [0.15, 0.2) is 6.29 Å². The molecule has 0 aliphatic heterocycles. The van der Waals surface area contributed by atoms with Crippen LogP contribution in [0.3, 0.4) is 0 Å². The van der Waals surface area contributed by atoms with Crippen molar-refractivity contribution < 1.29 is 19.0 Å². The van der Waals surface area contributed by atoms with Crippen molar-refractivity contribution in [3.63, 3.8) is 0 Å². The summed E-state index contributed by atoms with van der Waals surface area (Å²) in [5, 5.41) is 0. The van der Waals surface area contributed by atoms with E-state index in [9.17, 15) is 4.79 Å². The highest BCUT2D eigenvalue weighted by Gasteiger charge is 2.16. The summed E-state index contributed by atoms with van der Waals surface area (Å²) in [7, 11) is 0. The zero-order valence-electron chi connectivity index (χ0n) is 10.1. The minimum absolute atomic E-state index is 0.106. The third-order valence-corrected chi connectivity index (χ3v) is 2.22. The van der Waals surface area contributed by atoms with Crippen molar-refractivity contribution in [3.8, 4) is 0 Å². The molecule has 15 heavy (non-hydrogen) atoms. The third kappa shape index (κ3) is 7.33. The molecular formula is C11H22O4. The van der Waals surface area contributed by atoms with Gasteiger partial charge in [-0.1, -0.05) is 13.8 Å². The SMILES string of the molecule is CCC(C)OC(COC=O)OC(C)CC. The molecule has 4 nitrogen and oxygen atoms in total. The fraction of sp³-hybridized carbons (Fsp3) is 0.909. The van der Waals surface area contributed by atoms with E-state index in [0.29, 0.717) is 6.47 Å². The van der Waals surface area contributed by atoms with Crippen LogP contribution in [0.15, 0.2) is 0 Å². The molecule has 2 unspecified atom stereocenters. The second-order valence-corrected chi connectivity index (χ2v) is 3.57. The molecule has 0 rings (SSSR count). The van der Waals surface area contributed by atoms with Gasteiger partial charge in [0.05, 0.1) is 12.2 Å². The van der Waals surface area contributed by atoms with Crippen molar-refractivity contribution in [1.29, 1.82) is 0 Å². The zero-order chi connectivity index (χ0) is 11.7. The van der Waals surface area contributed by atoms with E-state index in [4.69, 9.17) is 9.47 Å². The smallest absolute Gasteiger partial charge is 0.293 e. The molecule has 0 fully saturated rings. The van der Waals surface area contributed by atoms with E-state index in [1.807, 2.05) is 27.7 Å². The molecule has 0 aliphatic carbocycles. The summed E-state index contributed by atoms with van der Waals surface area (Å²) in [6, 6.07) is 0. The molecule has 0 amide bonds. The fourth-order valence-electron chi connectivity index (χ4n) is 0.939. The molecule has 2 atom stereocenters. The van der Waals surface area contributed by atoms with Gasteiger partial charge in [0.1, 0.15) is 6.61 Å². The van der Waals surface area contributed by atoms with Gasteiger partial charge >= 0.3 is 0 Å². The fourth-order valence-corrected chi connectivity index (χ4v) is 0.939. The second-order valence-electron chi connectivity index (χ2n) is 3.57. The van der Waals surface area contributed by atoms with E-state index in [0.717, 1.165) is 12.8 Å². The Hall–Kier alpha value is -0.610. The summed E-state index contributed by atoms with van der Waals surface area (Å²) >= 11 is 0.